The number of carbonyl (C=O) groups is 1. The molecule has 0 bridgehead atoms. The van der Waals surface area contributed by atoms with Crippen LogP contribution in [0.4, 0.5) is 5.69 Å². The quantitative estimate of drug-likeness (QED) is 0.311. The molecular formula is C20H22N4O5S. The van der Waals surface area contributed by atoms with Gasteiger partial charge < -0.3 is 20.1 Å². The third kappa shape index (κ3) is 6.23. The van der Waals surface area contributed by atoms with Gasteiger partial charge in [0.15, 0.2) is 11.5 Å². The molecule has 4 N–H and O–H groups in total. The fourth-order valence-electron chi connectivity index (χ4n) is 2.50. The summed E-state index contributed by atoms with van der Waals surface area (Å²) >= 11 is 0. The second-order valence-electron chi connectivity index (χ2n) is 6.09. The Labute approximate surface area is 175 Å². The third-order valence-electron chi connectivity index (χ3n) is 4.06. The molecular weight excluding hydrogens is 408 g/mol. The monoisotopic (exact) mass is 430 g/mol. The molecule has 1 amide bonds. The second-order valence-corrected chi connectivity index (χ2v) is 7.65. The van der Waals surface area contributed by atoms with E-state index in [9.17, 15) is 18.5 Å². The van der Waals surface area contributed by atoms with Crippen molar-refractivity contribution in [1.82, 2.24) is 5.32 Å². The van der Waals surface area contributed by atoms with E-state index in [1.807, 2.05) is 6.07 Å². The first-order chi connectivity index (χ1) is 14.3. The van der Waals surface area contributed by atoms with E-state index in [0.29, 0.717) is 30.2 Å². The zero-order valence-electron chi connectivity index (χ0n) is 16.5. The molecule has 0 unspecified atom stereocenters. The zero-order chi connectivity index (χ0) is 22.1. The highest BCUT2D eigenvalue weighted by Crippen LogP contribution is 2.29. The van der Waals surface area contributed by atoms with Gasteiger partial charge in [-0.2, -0.15) is 5.26 Å². The van der Waals surface area contributed by atoms with Gasteiger partial charge in [-0.05, 0) is 36.2 Å². The van der Waals surface area contributed by atoms with Crippen LogP contribution in [0.1, 0.15) is 5.56 Å². The first kappa shape index (κ1) is 22.7. The van der Waals surface area contributed by atoms with Crippen LogP contribution in [0, 0.1) is 11.3 Å². The number of primary sulfonamides is 1. The first-order valence-electron chi connectivity index (χ1n) is 8.77. The van der Waals surface area contributed by atoms with Crippen LogP contribution in [-0.2, 0) is 21.2 Å². The summed E-state index contributed by atoms with van der Waals surface area (Å²) in [5, 5.41) is 19.8. The van der Waals surface area contributed by atoms with Crippen LogP contribution in [0.25, 0.3) is 0 Å². The number of amides is 1. The molecule has 9 nitrogen and oxygen atoms in total. The summed E-state index contributed by atoms with van der Waals surface area (Å²) in [7, 11) is -0.734. The molecule has 158 valence electrons. The van der Waals surface area contributed by atoms with Crippen LogP contribution < -0.4 is 25.2 Å². The summed E-state index contributed by atoms with van der Waals surface area (Å²) in [5.74, 6) is 0.393. The number of hydrogen-bond donors (Lipinski definition) is 3. The number of methoxy groups -OCH3 is 2. The van der Waals surface area contributed by atoms with Crippen molar-refractivity contribution < 1.29 is 22.7 Å². The number of nitrogens with one attached hydrogen (secondary N) is 2. The van der Waals surface area contributed by atoms with Gasteiger partial charge in [-0.15, -0.1) is 0 Å². The van der Waals surface area contributed by atoms with E-state index in [4.69, 9.17) is 14.6 Å². The Kier molecular flexibility index (Phi) is 7.80. The van der Waals surface area contributed by atoms with E-state index in [-0.39, 0.29) is 10.5 Å². The SMILES string of the molecule is COc1ccc(NC(=O)/C(C#N)=C\NCCc2ccc(S(N)(=O)=O)cc2)cc1OC. The summed E-state index contributed by atoms with van der Waals surface area (Å²) in [6.07, 6.45) is 1.88. The van der Waals surface area contributed by atoms with Crippen molar-refractivity contribution >= 4 is 21.6 Å². The molecule has 0 aliphatic carbocycles. The largest absolute Gasteiger partial charge is 0.493 e. The number of sulfonamides is 1. The Morgan fingerprint density at radius 3 is 2.37 bits per heavy atom. The number of rotatable bonds is 9. The number of ether oxygens (including phenoxy) is 2. The Balaban J connectivity index is 1.94. The molecule has 0 heterocycles. The Morgan fingerprint density at radius 1 is 1.13 bits per heavy atom. The van der Waals surface area contributed by atoms with Gasteiger partial charge >= 0.3 is 0 Å². The van der Waals surface area contributed by atoms with E-state index < -0.39 is 15.9 Å². The molecule has 30 heavy (non-hydrogen) atoms. The molecule has 0 saturated heterocycles. The molecule has 0 spiro atoms. The minimum absolute atomic E-state index is 0.0395. The minimum Gasteiger partial charge on any atom is -0.493 e. The maximum Gasteiger partial charge on any atom is 0.267 e. The molecule has 0 saturated carbocycles. The lowest BCUT2D eigenvalue weighted by molar-refractivity contribution is -0.112. The molecule has 0 aliphatic rings. The second kappa shape index (κ2) is 10.3. The Hall–Kier alpha value is -3.55. The highest BCUT2D eigenvalue weighted by Gasteiger charge is 2.11. The van der Waals surface area contributed by atoms with Crippen LogP contribution in [0.5, 0.6) is 11.5 Å². The van der Waals surface area contributed by atoms with Gasteiger partial charge in [0.1, 0.15) is 11.6 Å². The molecule has 0 atom stereocenters. The normalized spacial score (nSPS) is 11.3. The lowest BCUT2D eigenvalue weighted by atomic mass is 10.1. The predicted molar refractivity (Wildman–Crippen MR) is 111 cm³/mol. The number of hydrogen-bond acceptors (Lipinski definition) is 7. The summed E-state index contributed by atoms with van der Waals surface area (Å²) < 4.78 is 32.8. The molecule has 2 rings (SSSR count). The van der Waals surface area contributed by atoms with Crippen LogP contribution in [-0.4, -0.2) is 35.1 Å². The number of nitrogens with two attached hydrogens (primary N) is 1. The lowest BCUT2D eigenvalue weighted by Crippen LogP contribution is -2.18. The molecule has 0 aromatic heterocycles. The van der Waals surface area contributed by atoms with E-state index in [1.165, 1.54) is 32.6 Å². The van der Waals surface area contributed by atoms with Crippen molar-refractivity contribution in [2.24, 2.45) is 5.14 Å². The van der Waals surface area contributed by atoms with Crippen LogP contribution in [0.3, 0.4) is 0 Å². The standard InChI is InChI=1S/C20H22N4O5S/c1-28-18-8-5-16(11-19(18)29-2)24-20(25)15(12-21)13-23-10-9-14-3-6-17(7-4-14)30(22,26)27/h3-8,11,13,23H,9-10H2,1-2H3,(H,24,25)(H2,22,26,27)/b15-13-. The lowest BCUT2D eigenvalue weighted by Gasteiger charge is -2.10. The maximum atomic E-state index is 12.3. The highest BCUT2D eigenvalue weighted by atomic mass is 32.2. The summed E-state index contributed by atoms with van der Waals surface area (Å²) in [6.45, 7) is 0.434. The molecule has 2 aromatic carbocycles. The number of anilines is 1. The maximum absolute atomic E-state index is 12.3. The van der Waals surface area contributed by atoms with Crippen LogP contribution >= 0.6 is 0 Å². The van der Waals surface area contributed by atoms with E-state index in [0.717, 1.165) is 5.56 Å². The number of carbonyl (C=O) groups excluding carboxylic acids is 1. The van der Waals surface area contributed by atoms with E-state index in [2.05, 4.69) is 10.6 Å². The van der Waals surface area contributed by atoms with Gasteiger partial charge in [0.2, 0.25) is 10.0 Å². The van der Waals surface area contributed by atoms with E-state index in [1.54, 1.807) is 30.3 Å². The number of nitriles is 1. The van der Waals surface area contributed by atoms with Crippen molar-refractivity contribution in [3.05, 3.63) is 59.8 Å². The fourth-order valence-corrected chi connectivity index (χ4v) is 3.01. The average molecular weight is 430 g/mol. The van der Waals surface area contributed by atoms with Crippen molar-refractivity contribution in [2.75, 3.05) is 26.1 Å². The third-order valence-corrected chi connectivity index (χ3v) is 4.99. The number of benzene rings is 2. The van der Waals surface area contributed by atoms with Crippen molar-refractivity contribution in [3.8, 4) is 17.6 Å². The molecule has 2 aromatic rings. The molecule has 10 heteroatoms. The zero-order valence-corrected chi connectivity index (χ0v) is 17.3. The predicted octanol–water partition coefficient (Wildman–Crippen LogP) is 1.53. The Morgan fingerprint density at radius 2 is 1.80 bits per heavy atom. The fraction of sp³-hybridized carbons (Fsp3) is 0.200. The van der Waals surface area contributed by atoms with Gasteiger partial charge in [-0.25, -0.2) is 13.6 Å². The summed E-state index contributed by atoms with van der Waals surface area (Å²) in [6, 6.07) is 12.9. The summed E-state index contributed by atoms with van der Waals surface area (Å²) in [5.41, 5.74) is 1.22. The van der Waals surface area contributed by atoms with Gasteiger partial charge in [-0.3, -0.25) is 4.79 Å². The molecule has 0 aliphatic heterocycles. The smallest absolute Gasteiger partial charge is 0.267 e. The Bertz CT molecular complexity index is 1070. The number of nitrogens with zero attached hydrogens (tertiary/aromatic N) is 1. The van der Waals surface area contributed by atoms with Crippen molar-refractivity contribution in [3.63, 3.8) is 0 Å². The van der Waals surface area contributed by atoms with Crippen molar-refractivity contribution in [1.29, 1.82) is 5.26 Å². The average Bonchev–Trinajstić information content (AvgIpc) is 2.73. The minimum atomic E-state index is -3.72. The van der Waals surface area contributed by atoms with Gasteiger partial charge in [-0.1, -0.05) is 12.1 Å². The first-order valence-corrected chi connectivity index (χ1v) is 10.3. The highest BCUT2D eigenvalue weighted by molar-refractivity contribution is 7.89. The summed E-state index contributed by atoms with van der Waals surface area (Å²) in [4.78, 5) is 12.4. The van der Waals surface area contributed by atoms with Gasteiger partial charge in [0.05, 0.1) is 19.1 Å². The molecule has 0 radical (unpaired) electrons. The van der Waals surface area contributed by atoms with E-state index >= 15 is 0 Å². The van der Waals surface area contributed by atoms with Gasteiger partial charge in [0, 0.05) is 24.5 Å². The topological polar surface area (TPSA) is 144 Å². The van der Waals surface area contributed by atoms with Gasteiger partial charge in [0.25, 0.3) is 5.91 Å². The van der Waals surface area contributed by atoms with Crippen LogP contribution in [0.15, 0.2) is 59.1 Å². The van der Waals surface area contributed by atoms with Crippen molar-refractivity contribution in [2.45, 2.75) is 11.3 Å². The molecule has 0 fully saturated rings. The van der Waals surface area contributed by atoms with Crippen LogP contribution in [0.2, 0.25) is 0 Å².